The van der Waals surface area contributed by atoms with Gasteiger partial charge in [0.1, 0.15) is 30.2 Å². The Labute approximate surface area is 290 Å². The van der Waals surface area contributed by atoms with Gasteiger partial charge in [-0.3, -0.25) is 19.2 Å². The molecule has 0 aliphatic rings. The summed E-state index contributed by atoms with van der Waals surface area (Å²) in [6, 6.07) is 22.4. The summed E-state index contributed by atoms with van der Waals surface area (Å²) in [4.78, 5) is 63.3. The lowest BCUT2D eigenvalue weighted by molar-refractivity contribution is -0.137. The zero-order valence-corrected chi connectivity index (χ0v) is 28.8. The monoisotopic (exact) mass is 710 g/mol. The molecule has 6 N–H and O–H groups in total. The molecule has 50 heavy (non-hydrogen) atoms. The second-order valence-electron chi connectivity index (χ2n) is 11.8. The number of hydrogen-bond acceptors (Lipinski definition) is 9. The molecular formula is C35H43N4O10P. The molecule has 14 nitrogen and oxygen atoms in total. The fourth-order valence-electron chi connectivity index (χ4n) is 4.67. The van der Waals surface area contributed by atoms with Gasteiger partial charge in [-0.1, -0.05) is 80.6 Å². The van der Waals surface area contributed by atoms with E-state index in [9.17, 15) is 33.6 Å². The Balaban J connectivity index is 1.86. The summed E-state index contributed by atoms with van der Waals surface area (Å²) in [5.41, 5.74) is 6.12. The van der Waals surface area contributed by atoms with Crippen molar-refractivity contribution in [3.8, 4) is 11.5 Å². The van der Waals surface area contributed by atoms with E-state index in [1.807, 2.05) is 0 Å². The SMILES string of the molecule is CC(C)CC(NC(=O)C(CCC(=O)O)NC(=O)OCc1ccccc1)C(=O)NC(CCC(N)=O)P(=O)(Oc1ccccc1)Oc1ccccc1. The van der Waals surface area contributed by atoms with Crippen LogP contribution in [0, 0.1) is 5.92 Å². The van der Waals surface area contributed by atoms with E-state index < -0.39 is 61.7 Å². The summed E-state index contributed by atoms with van der Waals surface area (Å²) in [5.74, 6) is -4.79. The Kier molecular flexibility index (Phi) is 15.3. The second kappa shape index (κ2) is 19.6. The predicted octanol–water partition coefficient (Wildman–Crippen LogP) is 4.74. The van der Waals surface area contributed by atoms with Crippen molar-refractivity contribution < 1.29 is 47.4 Å². The Bertz CT molecular complexity index is 1560. The van der Waals surface area contributed by atoms with Crippen LogP contribution in [0.4, 0.5) is 4.79 Å². The molecule has 268 valence electrons. The number of carbonyl (C=O) groups is 5. The molecule has 0 bridgehead atoms. The van der Waals surface area contributed by atoms with Gasteiger partial charge in [0.2, 0.25) is 17.7 Å². The van der Waals surface area contributed by atoms with E-state index in [1.54, 1.807) is 105 Å². The van der Waals surface area contributed by atoms with Gasteiger partial charge >= 0.3 is 19.7 Å². The number of alkyl carbamates (subject to hydrolysis) is 1. The van der Waals surface area contributed by atoms with Crippen LogP contribution in [0.1, 0.15) is 51.5 Å². The highest BCUT2D eigenvalue weighted by Gasteiger charge is 2.42. The van der Waals surface area contributed by atoms with E-state index in [4.69, 9.17) is 19.5 Å². The van der Waals surface area contributed by atoms with Gasteiger partial charge < -0.3 is 40.6 Å². The lowest BCUT2D eigenvalue weighted by Gasteiger charge is -2.30. The fraction of sp³-hybridized carbons (Fsp3) is 0.343. The first kappa shape index (κ1) is 39.1. The largest absolute Gasteiger partial charge is 0.481 e. The van der Waals surface area contributed by atoms with E-state index >= 15 is 0 Å². The van der Waals surface area contributed by atoms with Crippen LogP contribution in [0.3, 0.4) is 0 Å². The van der Waals surface area contributed by atoms with Crippen molar-refractivity contribution >= 4 is 37.4 Å². The molecule has 0 saturated carbocycles. The second-order valence-corrected chi connectivity index (χ2v) is 13.8. The number of para-hydroxylation sites is 2. The molecule has 3 rings (SSSR count). The van der Waals surface area contributed by atoms with Gasteiger partial charge in [0.05, 0.1) is 0 Å². The number of primary amides is 1. The van der Waals surface area contributed by atoms with E-state index in [0.717, 1.165) is 0 Å². The molecule has 0 saturated heterocycles. The lowest BCUT2D eigenvalue weighted by Crippen LogP contribution is -2.55. The van der Waals surface area contributed by atoms with Crippen molar-refractivity contribution in [1.29, 1.82) is 0 Å². The normalized spacial score (nSPS) is 12.9. The Morgan fingerprint density at radius 2 is 1.24 bits per heavy atom. The number of carbonyl (C=O) groups excluding carboxylic acids is 4. The number of ether oxygens (including phenoxy) is 1. The maximum atomic E-state index is 14.6. The first-order valence-corrected chi connectivity index (χ1v) is 17.6. The molecule has 0 fully saturated rings. The molecule has 0 radical (unpaired) electrons. The molecule has 3 unspecified atom stereocenters. The van der Waals surface area contributed by atoms with Crippen molar-refractivity contribution in [3.05, 3.63) is 96.6 Å². The average molecular weight is 711 g/mol. The highest BCUT2D eigenvalue weighted by atomic mass is 31.2. The molecule has 0 aliphatic heterocycles. The fourth-order valence-corrected chi connectivity index (χ4v) is 6.53. The van der Waals surface area contributed by atoms with Crippen LogP contribution in [-0.4, -0.2) is 52.8 Å². The minimum absolute atomic E-state index is 0.0909. The van der Waals surface area contributed by atoms with Crippen LogP contribution in [0.25, 0.3) is 0 Å². The number of nitrogens with two attached hydrogens (primary N) is 1. The molecule has 3 aromatic carbocycles. The number of benzene rings is 3. The van der Waals surface area contributed by atoms with Gasteiger partial charge in [0.25, 0.3) is 0 Å². The van der Waals surface area contributed by atoms with Crippen molar-refractivity contribution in [3.63, 3.8) is 0 Å². The van der Waals surface area contributed by atoms with Crippen LogP contribution < -0.4 is 30.7 Å². The third kappa shape index (κ3) is 13.6. The molecule has 4 amide bonds. The molecule has 15 heteroatoms. The first-order valence-electron chi connectivity index (χ1n) is 16.0. The Morgan fingerprint density at radius 3 is 1.74 bits per heavy atom. The predicted molar refractivity (Wildman–Crippen MR) is 184 cm³/mol. The first-order chi connectivity index (χ1) is 23.8. The number of carboxylic acid groups (broad SMARTS) is 1. The molecule has 0 aliphatic carbocycles. The van der Waals surface area contributed by atoms with Crippen molar-refractivity contribution in [2.24, 2.45) is 11.7 Å². The van der Waals surface area contributed by atoms with Crippen LogP contribution in [0.15, 0.2) is 91.0 Å². The number of hydrogen-bond donors (Lipinski definition) is 5. The number of rotatable bonds is 20. The summed E-state index contributed by atoms with van der Waals surface area (Å²) in [6.45, 7) is 3.52. The Hall–Kier alpha value is -5.36. The zero-order valence-electron chi connectivity index (χ0n) is 27.9. The van der Waals surface area contributed by atoms with Crippen molar-refractivity contribution in [1.82, 2.24) is 16.0 Å². The highest BCUT2D eigenvalue weighted by molar-refractivity contribution is 7.55. The number of aliphatic carboxylic acids is 1. The van der Waals surface area contributed by atoms with Crippen molar-refractivity contribution in [2.75, 3.05) is 0 Å². The highest BCUT2D eigenvalue weighted by Crippen LogP contribution is 2.53. The zero-order chi connectivity index (χ0) is 36.5. The third-order valence-electron chi connectivity index (χ3n) is 7.11. The molecule has 3 atom stereocenters. The van der Waals surface area contributed by atoms with E-state index in [1.165, 1.54) is 0 Å². The average Bonchev–Trinajstić information content (AvgIpc) is 3.08. The maximum Gasteiger partial charge on any atom is 0.452 e. The number of carboxylic acids is 1. The molecular weight excluding hydrogens is 667 g/mol. The summed E-state index contributed by atoms with van der Waals surface area (Å²) >= 11 is 0. The maximum absolute atomic E-state index is 14.6. The smallest absolute Gasteiger partial charge is 0.452 e. The van der Waals surface area contributed by atoms with Crippen LogP contribution in [0.5, 0.6) is 11.5 Å². The topological polar surface area (TPSA) is 212 Å². The quantitative estimate of drug-likeness (QED) is 0.102. The molecule has 0 aromatic heterocycles. The van der Waals surface area contributed by atoms with Gasteiger partial charge in [-0.2, -0.15) is 0 Å². The summed E-state index contributed by atoms with van der Waals surface area (Å²) in [6.07, 6.45) is -2.18. The van der Waals surface area contributed by atoms with Crippen LogP contribution in [-0.2, 0) is 35.1 Å². The third-order valence-corrected chi connectivity index (χ3v) is 9.20. The van der Waals surface area contributed by atoms with E-state index in [-0.39, 0.29) is 49.7 Å². The van der Waals surface area contributed by atoms with Crippen molar-refractivity contribution in [2.45, 2.75) is 70.4 Å². The molecule has 0 heterocycles. The van der Waals surface area contributed by atoms with Gasteiger partial charge in [-0.05, 0) is 55.0 Å². The van der Waals surface area contributed by atoms with Gasteiger partial charge in [0, 0.05) is 12.8 Å². The van der Waals surface area contributed by atoms with Crippen LogP contribution >= 0.6 is 7.60 Å². The van der Waals surface area contributed by atoms with E-state index in [2.05, 4.69) is 16.0 Å². The minimum atomic E-state index is -4.38. The van der Waals surface area contributed by atoms with Gasteiger partial charge in [0.15, 0.2) is 5.78 Å². The lowest BCUT2D eigenvalue weighted by atomic mass is 10.0. The van der Waals surface area contributed by atoms with Crippen LogP contribution in [0.2, 0.25) is 0 Å². The van der Waals surface area contributed by atoms with E-state index in [0.29, 0.717) is 5.56 Å². The number of nitrogens with one attached hydrogen (secondary N) is 3. The minimum Gasteiger partial charge on any atom is -0.481 e. The molecule has 3 aromatic rings. The van der Waals surface area contributed by atoms with Gasteiger partial charge in [-0.15, -0.1) is 0 Å². The Morgan fingerprint density at radius 1 is 0.720 bits per heavy atom. The standard InChI is InChI=1S/C35H43N4O10P/c1-24(2)22-29(37-33(43)28(18-21-32(41)42)38-35(45)47-23-25-12-6-3-7-13-25)34(44)39-31(20-19-30(36)40)50(46,48-26-14-8-4-9-15-26)49-27-16-10-5-11-17-27/h3-17,24,28-29,31H,18-23H2,1-2H3,(H2,36,40)(H,37,43)(H,38,45)(H,39,44)(H,41,42). The number of amides is 4. The van der Waals surface area contributed by atoms with Gasteiger partial charge in [-0.25, -0.2) is 9.36 Å². The summed E-state index contributed by atoms with van der Waals surface area (Å²) in [5, 5.41) is 16.9. The summed E-state index contributed by atoms with van der Waals surface area (Å²) in [7, 11) is -4.38. The molecule has 0 spiro atoms. The summed E-state index contributed by atoms with van der Waals surface area (Å²) < 4.78 is 31.6.